The highest BCUT2D eigenvalue weighted by atomic mass is 16.5. The van der Waals surface area contributed by atoms with Crippen LogP contribution in [0.5, 0.6) is 5.75 Å². The van der Waals surface area contributed by atoms with Crippen molar-refractivity contribution in [2.24, 2.45) is 7.05 Å². The molecular formula is C14H17N3O. The standard InChI is InChI=1S/C14H17N3O/c1-17-14(15)12(9-16-17)11-7-2-3-8-13(11)18-10-5-4-6-10/h2-3,7-10H,4-6,15H2,1H3. The van der Waals surface area contributed by atoms with Gasteiger partial charge in [-0.25, -0.2) is 0 Å². The summed E-state index contributed by atoms with van der Waals surface area (Å²) in [4.78, 5) is 0. The summed E-state index contributed by atoms with van der Waals surface area (Å²) >= 11 is 0. The normalized spacial score (nSPS) is 15.4. The van der Waals surface area contributed by atoms with Crippen molar-refractivity contribution in [3.8, 4) is 16.9 Å². The van der Waals surface area contributed by atoms with Gasteiger partial charge in [-0.1, -0.05) is 18.2 Å². The zero-order valence-electron chi connectivity index (χ0n) is 10.5. The Morgan fingerprint density at radius 1 is 1.28 bits per heavy atom. The van der Waals surface area contributed by atoms with Crippen molar-refractivity contribution in [1.82, 2.24) is 9.78 Å². The lowest BCUT2D eigenvalue weighted by atomic mass is 9.96. The number of nitrogens with two attached hydrogens (primary N) is 1. The fourth-order valence-corrected chi connectivity index (χ4v) is 2.11. The molecule has 0 unspecified atom stereocenters. The number of hydrogen-bond acceptors (Lipinski definition) is 3. The van der Waals surface area contributed by atoms with E-state index in [0.29, 0.717) is 11.9 Å². The van der Waals surface area contributed by atoms with E-state index in [9.17, 15) is 0 Å². The van der Waals surface area contributed by atoms with Gasteiger partial charge in [0.1, 0.15) is 11.6 Å². The van der Waals surface area contributed by atoms with Gasteiger partial charge in [0.15, 0.2) is 0 Å². The van der Waals surface area contributed by atoms with Crippen LogP contribution in [0.2, 0.25) is 0 Å². The molecule has 1 fully saturated rings. The molecule has 1 aliphatic carbocycles. The second-order valence-corrected chi connectivity index (χ2v) is 4.73. The van der Waals surface area contributed by atoms with Crippen molar-refractivity contribution < 1.29 is 4.74 Å². The lowest BCUT2D eigenvalue weighted by Gasteiger charge is -2.27. The van der Waals surface area contributed by atoms with Crippen molar-refractivity contribution in [2.45, 2.75) is 25.4 Å². The molecule has 1 heterocycles. The summed E-state index contributed by atoms with van der Waals surface area (Å²) in [7, 11) is 1.84. The van der Waals surface area contributed by atoms with Crippen molar-refractivity contribution in [1.29, 1.82) is 0 Å². The molecule has 2 aromatic rings. The molecule has 1 saturated carbocycles. The zero-order chi connectivity index (χ0) is 12.5. The maximum absolute atomic E-state index is 6.03. The Morgan fingerprint density at radius 2 is 2.06 bits per heavy atom. The lowest BCUT2D eigenvalue weighted by molar-refractivity contribution is 0.121. The van der Waals surface area contributed by atoms with Gasteiger partial charge >= 0.3 is 0 Å². The maximum atomic E-state index is 6.03. The minimum atomic E-state index is 0.365. The van der Waals surface area contributed by atoms with E-state index in [-0.39, 0.29) is 0 Å². The van der Waals surface area contributed by atoms with Gasteiger partial charge in [-0.05, 0) is 25.3 Å². The monoisotopic (exact) mass is 243 g/mol. The number of benzene rings is 1. The van der Waals surface area contributed by atoms with Gasteiger partial charge in [-0.2, -0.15) is 5.10 Å². The Labute approximate surface area is 106 Å². The molecule has 0 saturated heterocycles. The van der Waals surface area contributed by atoms with Crippen LogP contribution in [0, 0.1) is 0 Å². The van der Waals surface area contributed by atoms with Crippen LogP contribution in [-0.4, -0.2) is 15.9 Å². The molecule has 1 aromatic heterocycles. The molecule has 0 atom stereocenters. The second kappa shape index (κ2) is 4.37. The van der Waals surface area contributed by atoms with E-state index in [1.807, 2.05) is 31.3 Å². The van der Waals surface area contributed by atoms with Gasteiger partial charge in [0.05, 0.1) is 12.3 Å². The van der Waals surface area contributed by atoms with E-state index in [2.05, 4.69) is 5.10 Å². The first-order valence-electron chi connectivity index (χ1n) is 6.29. The molecule has 4 heteroatoms. The molecule has 4 nitrogen and oxygen atoms in total. The van der Waals surface area contributed by atoms with Gasteiger partial charge in [0, 0.05) is 18.2 Å². The van der Waals surface area contributed by atoms with E-state index < -0.39 is 0 Å². The molecule has 94 valence electrons. The maximum Gasteiger partial charge on any atom is 0.129 e. The first-order chi connectivity index (χ1) is 8.75. The number of aromatic nitrogens is 2. The van der Waals surface area contributed by atoms with Gasteiger partial charge < -0.3 is 10.5 Å². The van der Waals surface area contributed by atoms with Crippen LogP contribution in [0.25, 0.3) is 11.1 Å². The van der Waals surface area contributed by atoms with Crippen LogP contribution in [0.4, 0.5) is 5.82 Å². The number of hydrogen-bond donors (Lipinski definition) is 1. The fourth-order valence-electron chi connectivity index (χ4n) is 2.11. The molecule has 0 amide bonds. The first kappa shape index (κ1) is 11.1. The van der Waals surface area contributed by atoms with Crippen molar-refractivity contribution >= 4 is 5.82 Å². The number of anilines is 1. The quantitative estimate of drug-likeness (QED) is 0.901. The molecule has 0 aliphatic heterocycles. The minimum absolute atomic E-state index is 0.365. The fraction of sp³-hybridized carbons (Fsp3) is 0.357. The highest BCUT2D eigenvalue weighted by molar-refractivity contribution is 5.78. The first-order valence-corrected chi connectivity index (χ1v) is 6.29. The third-order valence-electron chi connectivity index (χ3n) is 3.51. The minimum Gasteiger partial charge on any atom is -0.490 e. The number of nitrogen functional groups attached to an aromatic ring is 1. The molecule has 18 heavy (non-hydrogen) atoms. The molecule has 0 bridgehead atoms. The van der Waals surface area contributed by atoms with E-state index in [4.69, 9.17) is 10.5 Å². The SMILES string of the molecule is Cn1ncc(-c2ccccc2OC2CCC2)c1N. The van der Waals surface area contributed by atoms with Crippen molar-refractivity contribution in [3.05, 3.63) is 30.5 Å². The van der Waals surface area contributed by atoms with Crippen LogP contribution in [0.15, 0.2) is 30.5 Å². The summed E-state index contributed by atoms with van der Waals surface area (Å²) in [6.45, 7) is 0. The summed E-state index contributed by atoms with van der Waals surface area (Å²) < 4.78 is 7.68. The topological polar surface area (TPSA) is 53.1 Å². The highest BCUT2D eigenvalue weighted by Gasteiger charge is 2.21. The van der Waals surface area contributed by atoms with E-state index in [1.165, 1.54) is 6.42 Å². The van der Waals surface area contributed by atoms with Gasteiger partial charge in [0.25, 0.3) is 0 Å². The third kappa shape index (κ3) is 1.83. The Balaban J connectivity index is 1.97. The molecule has 0 spiro atoms. The summed E-state index contributed by atoms with van der Waals surface area (Å²) in [5.74, 6) is 1.57. The van der Waals surface area contributed by atoms with Crippen LogP contribution in [0.3, 0.4) is 0 Å². The third-order valence-corrected chi connectivity index (χ3v) is 3.51. The van der Waals surface area contributed by atoms with E-state index in [0.717, 1.165) is 29.7 Å². The van der Waals surface area contributed by atoms with Crippen molar-refractivity contribution in [3.63, 3.8) is 0 Å². The zero-order valence-corrected chi connectivity index (χ0v) is 10.5. The summed E-state index contributed by atoms with van der Waals surface area (Å²) in [5, 5.41) is 4.18. The van der Waals surface area contributed by atoms with E-state index >= 15 is 0 Å². The Kier molecular flexibility index (Phi) is 2.70. The van der Waals surface area contributed by atoms with Crippen molar-refractivity contribution in [2.75, 3.05) is 5.73 Å². The number of nitrogens with zero attached hydrogens (tertiary/aromatic N) is 2. The highest BCUT2D eigenvalue weighted by Crippen LogP contribution is 2.35. The van der Waals surface area contributed by atoms with Gasteiger partial charge in [-0.15, -0.1) is 0 Å². The predicted octanol–water partition coefficient (Wildman–Crippen LogP) is 2.60. The van der Waals surface area contributed by atoms with Crippen LogP contribution >= 0.6 is 0 Å². The molecule has 0 radical (unpaired) electrons. The van der Waals surface area contributed by atoms with E-state index in [1.54, 1.807) is 10.9 Å². The average Bonchev–Trinajstić information content (AvgIpc) is 2.66. The molecule has 1 aliphatic rings. The lowest BCUT2D eigenvalue weighted by Crippen LogP contribution is -2.24. The average molecular weight is 243 g/mol. The Morgan fingerprint density at radius 3 is 2.67 bits per heavy atom. The number of para-hydroxylation sites is 1. The summed E-state index contributed by atoms with van der Waals surface area (Å²) in [6.07, 6.45) is 5.72. The summed E-state index contributed by atoms with van der Waals surface area (Å²) in [5.41, 5.74) is 7.99. The number of aryl methyl sites for hydroxylation is 1. The second-order valence-electron chi connectivity index (χ2n) is 4.73. The Bertz CT molecular complexity index is 558. The summed E-state index contributed by atoms with van der Waals surface area (Å²) in [6, 6.07) is 8.01. The smallest absolute Gasteiger partial charge is 0.129 e. The molecular weight excluding hydrogens is 226 g/mol. The van der Waals surface area contributed by atoms with Crippen LogP contribution < -0.4 is 10.5 Å². The largest absolute Gasteiger partial charge is 0.490 e. The van der Waals surface area contributed by atoms with Crippen LogP contribution in [0.1, 0.15) is 19.3 Å². The van der Waals surface area contributed by atoms with Gasteiger partial charge in [0.2, 0.25) is 0 Å². The predicted molar refractivity (Wildman–Crippen MR) is 71.3 cm³/mol. The van der Waals surface area contributed by atoms with Gasteiger partial charge in [-0.3, -0.25) is 4.68 Å². The number of rotatable bonds is 3. The Hall–Kier alpha value is -1.97. The van der Waals surface area contributed by atoms with Crippen LogP contribution in [-0.2, 0) is 7.05 Å². The number of ether oxygens (including phenoxy) is 1. The molecule has 1 aromatic carbocycles. The molecule has 3 rings (SSSR count). The molecule has 2 N–H and O–H groups in total.